The van der Waals surface area contributed by atoms with E-state index in [1.54, 1.807) is 37.3 Å². The molecule has 3 aromatic carbocycles. The number of carboxylic acid groups (broad SMARTS) is 1. The highest BCUT2D eigenvalue weighted by Crippen LogP contribution is 2.27. The van der Waals surface area contributed by atoms with Crippen LogP contribution in [0.5, 0.6) is 17.4 Å². The summed E-state index contributed by atoms with van der Waals surface area (Å²) in [6.45, 7) is 8.13. The van der Waals surface area contributed by atoms with Crippen molar-refractivity contribution in [1.29, 1.82) is 0 Å². The number of nitrogens with two attached hydrogens (primary N) is 1. The van der Waals surface area contributed by atoms with Crippen LogP contribution >= 0.6 is 0 Å². The minimum atomic E-state index is -1.43. The minimum Gasteiger partial charge on any atom is -0.478 e. The topological polar surface area (TPSA) is 114 Å². The first kappa shape index (κ1) is 27.9. The normalized spacial score (nSPS) is 15.2. The van der Waals surface area contributed by atoms with Crippen molar-refractivity contribution in [3.63, 3.8) is 0 Å². The van der Waals surface area contributed by atoms with E-state index in [0.717, 1.165) is 44.1 Å². The Kier molecular flexibility index (Phi) is 8.35. The van der Waals surface area contributed by atoms with Crippen LogP contribution in [0.25, 0.3) is 0 Å². The quantitative estimate of drug-likeness (QED) is 0.282. The molecule has 2 heterocycles. The molecule has 0 radical (unpaired) electrons. The van der Waals surface area contributed by atoms with Crippen LogP contribution in [-0.2, 0) is 17.8 Å². The van der Waals surface area contributed by atoms with Crippen molar-refractivity contribution in [3.8, 4) is 17.4 Å². The van der Waals surface area contributed by atoms with Crippen molar-refractivity contribution >= 4 is 17.7 Å². The number of aryl methyl sites for hydroxylation is 1. The summed E-state index contributed by atoms with van der Waals surface area (Å²) in [5, 5.41) is 9.87. The number of aliphatic carboxylic acids is 1. The van der Waals surface area contributed by atoms with E-state index >= 15 is 0 Å². The minimum absolute atomic E-state index is 0.145. The number of carboxylic acids is 1. The Bertz CT molecular complexity index is 1470. The van der Waals surface area contributed by atoms with Gasteiger partial charge in [0.25, 0.3) is 0 Å². The Morgan fingerprint density at radius 3 is 2.29 bits per heavy atom. The second-order valence-corrected chi connectivity index (χ2v) is 10.5. The van der Waals surface area contributed by atoms with Gasteiger partial charge in [0.15, 0.2) is 0 Å². The summed E-state index contributed by atoms with van der Waals surface area (Å²) >= 11 is 0. The largest absolute Gasteiger partial charge is 0.478 e. The Morgan fingerprint density at radius 2 is 1.61 bits per heavy atom. The second kappa shape index (κ2) is 12.3. The molecular formula is C32H35N5O4. The molecule has 4 aromatic rings. The van der Waals surface area contributed by atoms with Crippen LogP contribution in [0, 0.1) is 6.92 Å². The van der Waals surface area contributed by atoms with Crippen molar-refractivity contribution < 1.29 is 19.4 Å². The SMILES string of the molecule is Cc1ccccc1CN1CCN(c2cc(Oc3ccc(CC(C)(Oc4ccccc4)C(=O)O)cc3)nc(N)n2)CC1. The van der Waals surface area contributed by atoms with Crippen LogP contribution < -0.4 is 20.1 Å². The van der Waals surface area contributed by atoms with Gasteiger partial charge in [-0.05, 0) is 54.8 Å². The molecule has 5 rings (SSSR count). The predicted octanol–water partition coefficient (Wildman–Crippen LogP) is 4.95. The number of nitrogen functional groups attached to an aromatic ring is 1. The lowest BCUT2D eigenvalue weighted by Crippen LogP contribution is -2.46. The van der Waals surface area contributed by atoms with E-state index in [4.69, 9.17) is 15.2 Å². The monoisotopic (exact) mass is 553 g/mol. The van der Waals surface area contributed by atoms with E-state index in [9.17, 15) is 9.90 Å². The second-order valence-electron chi connectivity index (χ2n) is 10.5. The highest BCUT2D eigenvalue weighted by molar-refractivity contribution is 5.78. The van der Waals surface area contributed by atoms with Gasteiger partial charge in [0.1, 0.15) is 17.3 Å². The molecule has 1 atom stereocenters. The number of hydrogen-bond acceptors (Lipinski definition) is 8. The van der Waals surface area contributed by atoms with Crippen LogP contribution in [0.15, 0.2) is 84.9 Å². The van der Waals surface area contributed by atoms with E-state index in [2.05, 4.69) is 51.0 Å². The maximum Gasteiger partial charge on any atom is 0.348 e. The molecule has 0 bridgehead atoms. The van der Waals surface area contributed by atoms with Gasteiger partial charge in [0, 0.05) is 45.2 Å². The van der Waals surface area contributed by atoms with Gasteiger partial charge in [0.05, 0.1) is 0 Å². The first-order valence-electron chi connectivity index (χ1n) is 13.7. The third-order valence-electron chi connectivity index (χ3n) is 7.28. The van der Waals surface area contributed by atoms with Crippen molar-refractivity contribution in [2.24, 2.45) is 0 Å². The molecule has 1 aromatic heterocycles. The number of hydrogen-bond donors (Lipinski definition) is 2. The lowest BCUT2D eigenvalue weighted by Gasteiger charge is -2.35. The van der Waals surface area contributed by atoms with Crippen LogP contribution in [0.3, 0.4) is 0 Å². The molecule has 1 fully saturated rings. The molecule has 3 N–H and O–H groups in total. The average Bonchev–Trinajstić information content (AvgIpc) is 2.96. The molecular weight excluding hydrogens is 518 g/mol. The number of para-hydroxylation sites is 1. The number of nitrogens with zero attached hydrogens (tertiary/aromatic N) is 4. The zero-order valence-corrected chi connectivity index (χ0v) is 23.4. The third kappa shape index (κ3) is 7.12. The predicted molar refractivity (Wildman–Crippen MR) is 158 cm³/mol. The van der Waals surface area contributed by atoms with E-state index in [-0.39, 0.29) is 12.4 Å². The van der Waals surface area contributed by atoms with Gasteiger partial charge in [-0.15, -0.1) is 0 Å². The number of anilines is 2. The van der Waals surface area contributed by atoms with Crippen LogP contribution in [0.1, 0.15) is 23.6 Å². The molecule has 1 aliphatic heterocycles. The van der Waals surface area contributed by atoms with Gasteiger partial charge in [-0.2, -0.15) is 9.97 Å². The molecule has 0 amide bonds. The van der Waals surface area contributed by atoms with Gasteiger partial charge in [0.2, 0.25) is 17.4 Å². The standard InChI is InChI=1S/C32H35N5O4/c1-23-8-6-7-9-25(23)22-36-16-18-37(19-17-36)28-20-29(35-31(33)34-28)40-26-14-12-24(13-15-26)21-32(2,30(38)39)41-27-10-4-3-5-11-27/h3-15,20H,16-19,21-22H2,1-2H3,(H,38,39)(H2,33,34,35). The molecule has 9 nitrogen and oxygen atoms in total. The Morgan fingerprint density at radius 1 is 0.927 bits per heavy atom. The lowest BCUT2D eigenvalue weighted by atomic mass is 9.96. The van der Waals surface area contributed by atoms with Gasteiger partial charge in [-0.3, -0.25) is 4.90 Å². The summed E-state index contributed by atoms with van der Waals surface area (Å²) in [6.07, 6.45) is 0.179. The zero-order chi connectivity index (χ0) is 28.8. The van der Waals surface area contributed by atoms with Crippen molar-refractivity contribution in [2.45, 2.75) is 32.4 Å². The fourth-order valence-electron chi connectivity index (χ4n) is 4.90. The molecule has 0 aliphatic carbocycles. The molecule has 9 heteroatoms. The maximum absolute atomic E-state index is 12.1. The number of rotatable bonds is 10. The van der Waals surface area contributed by atoms with Gasteiger partial charge >= 0.3 is 5.97 Å². The molecule has 0 saturated carbocycles. The van der Waals surface area contributed by atoms with Crippen molar-refractivity contribution in [2.75, 3.05) is 36.8 Å². The number of aromatic nitrogens is 2. The fourth-order valence-corrected chi connectivity index (χ4v) is 4.90. The van der Waals surface area contributed by atoms with Crippen molar-refractivity contribution in [3.05, 3.63) is 102 Å². The smallest absolute Gasteiger partial charge is 0.348 e. The number of carbonyl (C=O) groups is 1. The van der Waals surface area contributed by atoms with Crippen molar-refractivity contribution in [1.82, 2.24) is 14.9 Å². The molecule has 1 unspecified atom stereocenters. The summed E-state index contributed by atoms with van der Waals surface area (Å²) in [6, 6.07) is 26.5. The zero-order valence-electron chi connectivity index (χ0n) is 23.4. The number of ether oxygens (including phenoxy) is 2. The number of piperazine rings is 1. The van der Waals surface area contributed by atoms with Crippen LogP contribution in [0.2, 0.25) is 0 Å². The Labute approximate surface area is 240 Å². The summed E-state index contributed by atoms with van der Waals surface area (Å²) in [7, 11) is 0. The van der Waals surface area contributed by atoms with Gasteiger partial charge in [-0.1, -0.05) is 54.6 Å². The molecule has 0 spiro atoms. The first-order chi connectivity index (χ1) is 19.8. The average molecular weight is 554 g/mol. The Balaban J connectivity index is 1.21. The highest BCUT2D eigenvalue weighted by atomic mass is 16.5. The van der Waals surface area contributed by atoms with Gasteiger partial charge < -0.3 is 25.2 Å². The first-order valence-corrected chi connectivity index (χ1v) is 13.7. The summed E-state index contributed by atoms with van der Waals surface area (Å²) in [5.74, 6) is 1.25. The van der Waals surface area contributed by atoms with Gasteiger partial charge in [-0.25, -0.2) is 4.79 Å². The number of benzene rings is 3. The molecule has 212 valence electrons. The van der Waals surface area contributed by atoms with E-state index in [0.29, 0.717) is 17.4 Å². The fraction of sp³-hybridized carbons (Fsp3) is 0.281. The highest BCUT2D eigenvalue weighted by Gasteiger charge is 2.36. The van der Waals surface area contributed by atoms with Crippen LogP contribution in [-0.4, -0.2) is 57.7 Å². The molecule has 41 heavy (non-hydrogen) atoms. The lowest BCUT2D eigenvalue weighted by molar-refractivity contribution is -0.153. The summed E-state index contributed by atoms with van der Waals surface area (Å²) in [4.78, 5) is 25.4. The Hall–Kier alpha value is -4.63. The maximum atomic E-state index is 12.1. The summed E-state index contributed by atoms with van der Waals surface area (Å²) in [5.41, 5.74) is 8.07. The molecule has 1 saturated heterocycles. The van der Waals surface area contributed by atoms with E-state index in [1.165, 1.54) is 11.1 Å². The third-order valence-corrected chi connectivity index (χ3v) is 7.28. The molecule has 1 aliphatic rings. The van der Waals surface area contributed by atoms with Crippen LogP contribution in [0.4, 0.5) is 11.8 Å². The van der Waals surface area contributed by atoms with E-state index < -0.39 is 11.6 Å². The summed E-state index contributed by atoms with van der Waals surface area (Å²) < 4.78 is 11.9. The van der Waals surface area contributed by atoms with E-state index in [1.807, 2.05) is 30.3 Å².